The first kappa shape index (κ1) is 28.1. The van der Waals surface area contributed by atoms with E-state index in [1.807, 2.05) is 84.9 Å². The molecule has 0 saturated carbocycles. The van der Waals surface area contributed by atoms with Crippen molar-refractivity contribution in [3.05, 3.63) is 163 Å². The van der Waals surface area contributed by atoms with Crippen LogP contribution in [0.1, 0.15) is 29.2 Å². The maximum absolute atomic E-state index is 11.4. The average Bonchev–Trinajstić information content (AvgIpc) is 3.62. The van der Waals surface area contributed by atoms with Crippen molar-refractivity contribution in [2.75, 3.05) is 0 Å². The molecule has 0 spiro atoms. The van der Waals surface area contributed by atoms with Gasteiger partial charge in [0.05, 0.1) is 17.2 Å². The molecule has 7 rings (SSSR count). The van der Waals surface area contributed by atoms with Crippen LogP contribution in [0.4, 0.5) is 0 Å². The number of rotatable bonds is 8. The zero-order chi connectivity index (χ0) is 30.1. The van der Waals surface area contributed by atoms with Gasteiger partial charge in [0.25, 0.3) is 0 Å². The molecule has 0 aliphatic heterocycles. The number of oxazole rings is 1. The Balaban J connectivity index is 0.000000157. The summed E-state index contributed by atoms with van der Waals surface area (Å²) in [6, 6.07) is 37.6. The van der Waals surface area contributed by atoms with Crippen LogP contribution in [0.25, 0.3) is 21.8 Å². The van der Waals surface area contributed by atoms with Crippen molar-refractivity contribution >= 4 is 27.8 Å². The molecular formula is C36H27N3O5. The Morgan fingerprint density at radius 1 is 0.614 bits per heavy atom. The summed E-state index contributed by atoms with van der Waals surface area (Å²) < 4.78 is 17.3. The second-order valence-electron chi connectivity index (χ2n) is 9.74. The van der Waals surface area contributed by atoms with Crippen molar-refractivity contribution in [2.45, 2.75) is 12.2 Å². The minimum atomic E-state index is -1.03. The van der Waals surface area contributed by atoms with Gasteiger partial charge in [-0.25, -0.2) is 9.78 Å². The van der Waals surface area contributed by atoms with Gasteiger partial charge in [-0.2, -0.15) is 0 Å². The van der Waals surface area contributed by atoms with Crippen molar-refractivity contribution in [3.8, 4) is 11.5 Å². The number of hydrogen-bond acceptors (Lipinski definition) is 7. The molecule has 0 bridgehead atoms. The lowest BCUT2D eigenvalue weighted by molar-refractivity contribution is -0.145. The van der Waals surface area contributed by atoms with E-state index in [1.165, 1.54) is 0 Å². The highest BCUT2D eigenvalue weighted by Gasteiger charge is 2.22. The molecule has 0 fully saturated rings. The number of pyridine rings is 2. The Morgan fingerprint density at radius 2 is 1.18 bits per heavy atom. The first-order valence-electron chi connectivity index (χ1n) is 13.9. The van der Waals surface area contributed by atoms with E-state index in [2.05, 4.69) is 15.0 Å². The van der Waals surface area contributed by atoms with Gasteiger partial charge >= 0.3 is 5.97 Å². The third-order valence-electron chi connectivity index (χ3n) is 6.76. The third-order valence-corrected chi connectivity index (χ3v) is 6.76. The number of fused-ring (bicyclic) bond motifs is 2. The standard InChI is InChI=1S/C19H14N2O2.C17H13NO3/c1-2-5-14(6-3-1)18(19-21-11-12-22-19)23-16-8-9-17-15(13-16)7-4-10-20-17;19-17(20)16(12-5-2-1-3-6-12)21-14-8-9-15-13(11-14)7-4-10-18-15/h1-13,18H;1-11,16H,(H,19,20). The predicted octanol–water partition coefficient (Wildman–Crippen LogP) is 7.83. The molecule has 0 aliphatic carbocycles. The Labute approximate surface area is 253 Å². The summed E-state index contributed by atoms with van der Waals surface area (Å²) in [6.45, 7) is 0. The van der Waals surface area contributed by atoms with Gasteiger partial charge in [0.1, 0.15) is 17.8 Å². The minimum Gasteiger partial charge on any atom is -0.478 e. The van der Waals surface area contributed by atoms with Crippen molar-refractivity contribution in [1.82, 2.24) is 15.0 Å². The van der Waals surface area contributed by atoms with Crippen molar-refractivity contribution < 1.29 is 23.8 Å². The molecule has 3 heterocycles. The van der Waals surface area contributed by atoms with E-state index in [-0.39, 0.29) is 6.10 Å². The van der Waals surface area contributed by atoms with Gasteiger partial charge in [0.15, 0.2) is 6.10 Å². The molecule has 216 valence electrons. The number of hydrogen-bond donors (Lipinski definition) is 1. The van der Waals surface area contributed by atoms with Gasteiger partial charge in [-0.1, -0.05) is 72.8 Å². The van der Waals surface area contributed by atoms with Crippen molar-refractivity contribution in [3.63, 3.8) is 0 Å². The largest absolute Gasteiger partial charge is 0.478 e. The molecule has 4 aromatic carbocycles. The lowest BCUT2D eigenvalue weighted by atomic mass is 10.1. The molecule has 0 radical (unpaired) electrons. The second-order valence-corrected chi connectivity index (χ2v) is 9.74. The molecule has 7 aromatic rings. The summed E-state index contributed by atoms with van der Waals surface area (Å²) in [5, 5.41) is 11.3. The first-order valence-corrected chi connectivity index (χ1v) is 13.9. The quantitative estimate of drug-likeness (QED) is 0.193. The van der Waals surface area contributed by atoms with Gasteiger partial charge in [-0.05, 0) is 48.5 Å². The summed E-state index contributed by atoms with van der Waals surface area (Å²) in [7, 11) is 0. The molecular weight excluding hydrogens is 554 g/mol. The van der Waals surface area contributed by atoms with E-state index in [1.54, 1.807) is 61.3 Å². The predicted molar refractivity (Wildman–Crippen MR) is 166 cm³/mol. The second kappa shape index (κ2) is 13.3. The Hall–Kier alpha value is -6.02. The van der Waals surface area contributed by atoms with E-state index in [4.69, 9.17) is 13.9 Å². The van der Waals surface area contributed by atoms with E-state index in [9.17, 15) is 9.90 Å². The number of nitrogens with zero attached hydrogens (tertiary/aromatic N) is 3. The molecule has 2 atom stereocenters. The summed E-state index contributed by atoms with van der Waals surface area (Å²) in [5.41, 5.74) is 3.38. The van der Waals surface area contributed by atoms with E-state index >= 15 is 0 Å². The lowest BCUT2D eigenvalue weighted by Gasteiger charge is -2.17. The van der Waals surface area contributed by atoms with Crippen molar-refractivity contribution in [1.29, 1.82) is 0 Å². The normalized spacial score (nSPS) is 12.1. The number of aromatic nitrogens is 3. The van der Waals surface area contributed by atoms with Crippen LogP contribution >= 0.6 is 0 Å². The highest BCUT2D eigenvalue weighted by Crippen LogP contribution is 2.29. The molecule has 8 heteroatoms. The maximum atomic E-state index is 11.4. The molecule has 0 saturated heterocycles. The van der Waals surface area contributed by atoms with Crippen molar-refractivity contribution in [2.24, 2.45) is 0 Å². The maximum Gasteiger partial charge on any atom is 0.349 e. The summed E-state index contributed by atoms with van der Waals surface area (Å²) in [6.07, 6.45) is 5.26. The number of carbonyl (C=O) groups is 1. The SMILES string of the molecule is O=C(O)C(Oc1ccc2ncccc2c1)c1ccccc1.c1ccc(C(Oc2ccc3ncccc3c2)c2ncco2)cc1. The molecule has 3 aromatic heterocycles. The van der Waals surface area contributed by atoms with Gasteiger partial charge in [-0.3, -0.25) is 9.97 Å². The van der Waals surface area contributed by atoms with Crippen LogP contribution in [0.5, 0.6) is 11.5 Å². The van der Waals surface area contributed by atoms with Crippen LogP contribution in [-0.2, 0) is 4.79 Å². The molecule has 0 amide bonds. The highest BCUT2D eigenvalue weighted by molar-refractivity contribution is 5.81. The van der Waals surface area contributed by atoms with Crippen LogP contribution in [-0.4, -0.2) is 26.0 Å². The Morgan fingerprint density at radius 3 is 1.73 bits per heavy atom. The monoisotopic (exact) mass is 581 g/mol. The zero-order valence-electron chi connectivity index (χ0n) is 23.4. The zero-order valence-corrected chi connectivity index (χ0v) is 23.4. The fraction of sp³-hybridized carbons (Fsp3) is 0.0556. The fourth-order valence-electron chi connectivity index (χ4n) is 4.67. The van der Waals surface area contributed by atoms with Crippen LogP contribution in [0.15, 0.2) is 151 Å². The third kappa shape index (κ3) is 6.71. The van der Waals surface area contributed by atoms with Crippen LogP contribution in [0, 0.1) is 0 Å². The van der Waals surface area contributed by atoms with Crippen LogP contribution in [0.3, 0.4) is 0 Å². The lowest BCUT2D eigenvalue weighted by Crippen LogP contribution is -2.18. The molecule has 1 N–H and O–H groups in total. The van der Waals surface area contributed by atoms with E-state index < -0.39 is 12.1 Å². The first-order chi connectivity index (χ1) is 21.6. The highest BCUT2D eigenvalue weighted by atomic mass is 16.5. The van der Waals surface area contributed by atoms with Gasteiger partial charge in [-0.15, -0.1) is 0 Å². The molecule has 44 heavy (non-hydrogen) atoms. The smallest absolute Gasteiger partial charge is 0.349 e. The Kier molecular flexibility index (Phi) is 8.50. The summed E-state index contributed by atoms with van der Waals surface area (Å²) in [4.78, 5) is 24.2. The Bertz CT molecular complexity index is 1970. The minimum absolute atomic E-state index is 0.389. The van der Waals surface area contributed by atoms with E-state index in [0.717, 1.165) is 33.1 Å². The molecule has 8 nitrogen and oxygen atoms in total. The van der Waals surface area contributed by atoms with Gasteiger partial charge in [0, 0.05) is 34.3 Å². The van der Waals surface area contributed by atoms with Crippen LogP contribution < -0.4 is 9.47 Å². The summed E-state index contributed by atoms with van der Waals surface area (Å²) >= 11 is 0. The van der Waals surface area contributed by atoms with Gasteiger partial charge in [0.2, 0.25) is 12.0 Å². The summed E-state index contributed by atoms with van der Waals surface area (Å²) in [5.74, 6) is 0.763. The van der Waals surface area contributed by atoms with Crippen LogP contribution in [0.2, 0.25) is 0 Å². The van der Waals surface area contributed by atoms with E-state index in [0.29, 0.717) is 17.2 Å². The molecule has 2 unspecified atom stereocenters. The van der Waals surface area contributed by atoms with Gasteiger partial charge < -0.3 is 19.0 Å². The number of ether oxygens (including phenoxy) is 2. The average molecular weight is 582 g/mol. The number of benzene rings is 4. The number of carboxylic acids is 1. The fourth-order valence-corrected chi connectivity index (χ4v) is 4.67. The number of carboxylic acid groups (broad SMARTS) is 1. The topological polar surface area (TPSA) is 108 Å². The number of aliphatic carboxylic acids is 1. The molecule has 0 aliphatic rings.